The van der Waals surface area contributed by atoms with E-state index < -0.39 is 36.1 Å². The molecule has 9 nitrogen and oxygen atoms in total. The molecule has 120 valence electrons. The zero-order valence-corrected chi connectivity index (χ0v) is 12.3. The molecule has 0 saturated carbocycles. The van der Waals surface area contributed by atoms with Crippen LogP contribution in [0.3, 0.4) is 0 Å². The number of anilines is 1. The van der Waals surface area contributed by atoms with Crippen molar-refractivity contribution in [2.75, 3.05) is 5.32 Å². The Bertz CT molecular complexity index is 982. The number of nitrogens with one attached hydrogen (secondary N) is 1. The molecule has 0 radical (unpaired) electrons. The number of amides is 2. The number of rotatable bonds is 3. The van der Waals surface area contributed by atoms with Crippen molar-refractivity contribution in [1.82, 2.24) is 0 Å². The third-order valence-corrected chi connectivity index (χ3v) is 4.43. The molecule has 0 aromatic heterocycles. The molecule has 2 aromatic carbocycles. The van der Waals surface area contributed by atoms with Gasteiger partial charge in [-0.1, -0.05) is 6.07 Å². The third-order valence-electron chi connectivity index (χ3n) is 2.75. The summed E-state index contributed by atoms with van der Waals surface area (Å²) in [4.78, 5) is 9.92. The van der Waals surface area contributed by atoms with E-state index in [2.05, 4.69) is 5.32 Å². The van der Waals surface area contributed by atoms with E-state index >= 15 is 0 Å². The molecule has 0 fully saturated rings. The standard InChI is InChI=1S/C11H10N2O7S2.Na.H/c12-11(14)13-10-5-8(22(18,19)20)4-6-3-7(21(15,16)17)1-2-9(6)10;;/h1-5H,(H3,12,13,14)(H,15,16,17)(H,18,19,20);;. The molecule has 0 bridgehead atoms. The molecule has 2 rings (SSSR count). The number of nitrogens with two attached hydrogens (primary N) is 1. The fraction of sp³-hybridized carbons (Fsp3) is 0. The van der Waals surface area contributed by atoms with E-state index in [1.807, 2.05) is 0 Å². The minimum absolute atomic E-state index is 0. The number of urea groups is 1. The van der Waals surface area contributed by atoms with Crippen LogP contribution in [0.4, 0.5) is 10.5 Å². The third kappa shape index (κ3) is 4.64. The van der Waals surface area contributed by atoms with Crippen molar-refractivity contribution in [3.8, 4) is 0 Å². The van der Waals surface area contributed by atoms with Gasteiger partial charge in [0.2, 0.25) is 0 Å². The van der Waals surface area contributed by atoms with Gasteiger partial charge in [-0.3, -0.25) is 9.11 Å². The summed E-state index contributed by atoms with van der Waals surface area (Å²) >= 11 is 0. The first-order valence-corrected chi connectivity index (χ1v) is 8.46. The first kappa shape index (κ1) is 19.8. The van der Waals surface area contributed by atoms with Gasteiger partial charge in [0.05, 0.1) is 15.5 Å². The predicted octanol–water partition coefficient (Wildman–Crippen LogP) is 0.175. The van der Waals surface area contributed by atoms with Crippen LogP contribution in [-0.2, 0) is 20.2 Å². The molecule has 2 aromatic rings. The van der Waals surface area contributed by atoms with Crippen molar-refractivity contribution >= 4 is 72.3 Å². The van der Waals surface area contributed by atoms with Gasteiger partial charge < -0.3 is 11.1 Å². The van der Waals surface area contributed by atoms with E-state index in [1.54, 1.807) is 0 Å². The van der Waals surface area contributed by atoms with Gasteiger partial charge in [-0.25, -0.2) is 4.79 Å². The molecule has 2 amide bonds. The summed E-state index contributed by atoms with van der Waals surface area (Å²) in [6, 6.07) is 4.29. The van der Waals surface area contributed by atoms with Crippen LogP contribution in [-0.4, -0.2) is 61.5 Å². The molecule has 0 aliphatic heterocycles. The molecule has 0 unspecified atom stereocenters. The van der Waals surface area contributed by atoms with E-state index in [-0.39, 0.29) is 46.0 Å². The second kappa shape index (κ2) is 6.73. The van der Waals surface area contributed by atoms with Crippen LogP contribution in [0.5, 0.6) is 0 Å². The average molecular weight is 370 g/mol. The fourth-order valence-electron chi connectivity index (χ4n) is 1.87. The zero-order valence-electron chi connectivity index (χ0n) is 10.7. The van der Waals surface area contributed by atoms with Crippen LogP contribution in [0.1, 0.15) is 0 Å². The van der Waals surface area contributed by atoms with E-state index in [9.17, 15) is 21.6 Å². The number of hydrogen-bond acceptors (Lipinski definition) is 5. The number of benzene rings is 2. The van der Waals surface area contributed by atoms with E-state index in [0.717, 1.165) is 24.3 Å². The quantitative estimate of drug-likeness (QED) is 0.442. The van der Waals surface area contributed by atoms with Gasteiger partial charge in [-0.2, -0.15) is 16.8 Å². The van der Waals surface area contributed by atoms with Gasteiger partial charge in [0, 0.05) is 5.39 Å². The molecule has 0 atom stereocenters. The molecule has 12 heteroatoms. The van der Waals surface area contributed by atoms with Crippen molar-refractivity contribution in [1.29, 1.82) is 0 Å². The number of fused-ring (bicyclic) bond motifs is 1. The topological polar surface area (TPSA) is 164 Å². The van der Waals surface area contributed by atoms with Crippen molar-refractivity contribution in [2.24, 2.45) is 5.73 Å². The first-order valence-electron chi connectivity index (χ1n) is 5.58. The molecule has 0 saturated heterocycles. The number of carbonyl (C=O) groups excluding carboxylic acids is 1. The van der Waals surface area contributed by atoms with Crippen molar-refractivity contribution in [3.05, 3.63) is 30.3 Å². The van der Waals surface area contributed by atoms with Crippen molar-refractivity contribution in [2.45, 2.75) is 9.79 Å². The SMILES string of the molecule is NC(=O)Nc1cc(S(=O)(=O)O)cc2cc(S(=O)(=O)O)ccc12.[NaH]. The Balaban J connectivity index is 0.00000264. The molecule has 5 N–H and O–H groups in total. The van der Waals surface area contributed by atoms with E-state index in [0.29, 0.717) is 0 Å². The monoisotopic (exact) mass is 370 g/mol. The normalized spacial score (nSPS) is 11.7. The first-order chi connectivity index (χ1) is 9.98. The summed E-state index contributed by atoms with van der Waals surface area (Å²) in [5.74, 6) is 0. The van der Waals surface area contributed by atoms with Crippen molar-refractivity contribution < 1.29 is 30.7 Å². The molecular weight excluding hydrogens is 359 g/mol. The van der Waals surface area contributed by atoms with Gasteiger partial charge in [0.1, 0.15) is 0 Å². The molecule has 0 spiro atoms. The minimum atomic E-state index is -4.60. The average Bonchev–Trinajstić information content (AvgIpc) is 2.35. The number of carbonyl (C=O) groups is 1. The van der Waals surface area contributed by atoms with E-state index in [4.69, 9.17) is 14.8 Å². The summed E-state index contributed by atoms with van der Waals surface area (Å²) in [7, 11) is -9.11. The molecule has 0 aliphatic rings. The maximum atomic E-state index is 11.2. The van der Waals surface area contributed by atoms with E-state index in [1.165, 1.54) is 6.07 Å². The Hall–Kier alpha value is -1.21. The van der Waals surface area contributed by atoms with Gasteiger partial charge in [0.15, 0.2) is 0 Å². The molecule has 0 heterocycles. The van der Waals surface area contributed by atoms with Gasteiger partial charge in [0.25, 0.3) is 20.2 Å². The van der Waals surface area contributed by atoms with Crippen LogP contribution in [0.2, 0.25) is 0 Å². The van der Waals surface area contributed by atoms with Crippen LogP contribution >= 0.6 is 0 Å². The Morgan fingerprint density at radius 3 is 1.96 bits per heavy atom. The Kier molecular flexibility index (Phi) is 5.80. The van der Waals surface area contributed by atoms with Crippen LogP contribution in [0.25, 0.3) is 10.8 Å². The van der Waals surface area contributed by atoms with Gasteiger partial charge in [-0.15, -0.1) is 0 Å². The summed E-state index contributed by atoms with van der Waals surface area (Å²) in [5, 5.41) is 2.48. The fourth-order valence-corrected chi connectivity index (χ4v) is 2.92. The molecule has 0 aliphatic carbocycles. The van der Waals surface area contributed by atoms with Gasteiger partial charge in [-0.05, 0) is 29.7 Å². The summed E-state index contributed by atoms with van der Waals surface area (Å²) in [5.41, 5.74) is 4.93. The maximum absolute atomic E-state index is 11.2. The predicted molar refractivity (Wildman–Crippen MR) is 83.9 cm³/mol. The second-order valence-corrected chi connectivity index (χ2v) is 7.14. The van der Waals surface area contributed by atoms with Crippen LogP contribution in [0, 0.1) is 0 Å². The Morgan fingerprint density at radius 2 is 1.48 bits per heavy atom. The van der Waals surface area contributed by atoms with Crippen LogP contribution < -0.4 is 11.1 Å². The zero-order chi connectivity index (χ0) is 16.7. The number of hydrogen-bond donors (Lipinski definition) is 4. The summed E-state index contributed by atoms with van der Waals surface area (Å²) < 4.78 is 62.8. The summed E-state index contributed by atoms with van der Waals surface area (Å²) in [6.07, 6.45) is 0. The van der Waals surface area contributed by atoms with Crippen molar-refractivity contribution in [3.63, 3.8) is 0 Å². The van der Waals surface area contributed by atoms with Crippen LogP contribution in [0.15, 0.2) is 40.1 Å². The second-order valence-electron chi connectivity index (χ2n) is 4.29. The Morgan fingerprint density at radius 1 is 0.957 bits per heavy atom. The molecule has 23 heavy (non-hydrogen) atoms. The van der Waals surface area contributed by atoms with Gasteiger partial charge >= 0.3 is 35.6 Å². The molecular formula is C11H11N2NaO7S2. The Labute approximate surface area is 153 Å². The summed E-state index contributed by atoms with van der Waals surface area (Å²) in [6.45, 7) is 0. The number of primary amides is 1.